The Morgan fingerprint density at radius 1 is 1.41 bits per heavy atom. The van der Waals surface area contributed by atoms with Gasteiger partial charge in [-0.15, -0.1) is 11.3 Å². The fourth-order valence-electron chi connectivity index (χ4n) is 1.85. The van der Waals surface area contributed by atoms with Gasteiger partial charge in [0, 0.05) is 11.4 Å². The number of aryl methyl sites for hydroxylation is 1. The van der Waals surface area contributed by atoms with Crippen molar-refractivity contribution in [1.29, 1.82) is 0 Å². The minimum Gasteiger partial charge on any atom is -0.330 e. The van der Waals surface area contributed by atoms with Crippen LogP contribution in [0.3, 0.4) is 0 Å². The molecule has 3 nitrogen and oxygen atoms in total. The van der Waals surface area contributed by atoms with Crippen molar-refractivity contribution in [3.8, 4) is 10.6 Å². The van der Waals surface area contributed by atoms with Crippen LogP contribution in [-0.4, -0.2) is 11.1 Å². The Balaban J connectivity index is 2.34. The molecule has 17 heavy (non-hydrogen) atoms. The summed E-state index contributed by atoms with van der Waals surface area (Å²) in [4.78, 5) is 14.3. The molecule has 0 aliphatic rings. The standard InChI is InChI=1S/C12H16N2OS2/c1-9-11(10-5-4-8-16-10)14(12(15)17-9)7-3-2-6-13/h4-5,8H,2-3,6-7,13H2,1H3. The molecular weight excluding hydrogens is 252 g/mol. The zero-order chi connectivity index (χ0) is 12.3. The third-order valence-electron chi connectivity index (χ3n) is 2.65. The summed E-state index contributed by atoms with van der Waals surface area (Å²) in [5, 5.41) is 2.04. The number of unbranched alkanes of at least 4 members (excludes halogenated alkanes) is 1. The van der Waals surface area contributed by atoms with Crippen LogP contribution < -0.4 is 10.6 Å². The summed E-state index contributed by atoms with van der Waals surface area (Å²) in [5.74, 6) is 0. The van der Waals surface area contributed by atoms with Crippen LogP contribution >= 0.6 is 22.7 Å². The zero-order valence-electron chi connectivity index (χ0n) is 9.81. The van der Waals surface area contributed by atoms with Gasteiger partial charge in [0.25, 0.3) is 0 Å². The van der Waals surface area contributed by atoms with Gasteiger partial charge in [0.05, 0.1) is 10.6 Å². The normalized spacial score (nSPS) is 10.9. The first-order valence-corrected chi connectivity index (χ1v) is 7.38. The Hall–Kier alpha value is -0.910. The van der Waals surface area contributed by atoms with E-state index in [0.717, 1.165) is 30.0 Å². The van der Waals surface area contributed by atoms with Gasteiger partial charge in [-0.25, -0.2) is 0 Å². The van der Waals surface area contributed by atoms with E-state index in [2.05, 4.69) is 6.07 Å². The van der Waals surface area contributed by atoms with E-state index in [-0.39, 0.29) is 4.87 Å². The lowest BCUT2D eigenvalue weighted by molar-refractivity contribution is 0.612. The lowest BCUT2D eigenvalue weighted by Crippen LogP contribution is -2.15. The monoisotopic (exact) mass is 268 g/mol. The highest BCUT2D eigenvalue weighted by molar-refractivity contribution is 7.14. The van der Waals surface area contributed by atoms with E-state index in [1.54, 1.807) is 11.3 Å². The first-order valence-electron chi connectivity index (χ1n) is 5.68. The van der Waals surface area contributed by atoms with Gasteiger partial charge in [0.1, 0.15) is 0 Å². The number of rotatable bonds is 5. The number of thiazole rings is 1. The first kappa shape index (κ1) is 12.5. The van der Waals surface area contributed by atoms with Crippen molar-refractivity contribution < 1.29 is 0 Å². The molecule has 2 heterocycles. The molecule has 0 fully saturated rings. The average Bonchev–Trinajstić information content (AvgIpc) is 2.88. The Labute approximate surface area is 109 Å². The van der Waals surface area contributed by atoms with E-state index >= 15 is 0 Å². The second-order valence-corrected chi connectivity index (χ2v) is 6.01. The van der Waals surface area contributed by atoms with E-state index in [1.807, 2.05) is 22.9 Å². The minimum atomic E-state index is 0.142. The Morgan fingerprint density at radius 3 is 2.88 bits per heavy atom. The molecule has 2 aromatic rings. The Bertz CT molecular complexity index is 525. The van der Waals surface area contributed by atoms with Crippen LogP contribution in [0, 0.1) is 6.92 Å². The van der Waals surface area contributed by atoms with E-state index in [9.17, 15) is 4.79 Å². The molecule has 0 unspecified atom stereocenters. The van der Waals surface area contributed by atoms with Crippen LogP contribution in [0.5, 0.6) is 0 Å². The van der Waals surface area contributed by atoms with Gasteiger partial charge < -0.3 is 5.73 Å². The molecule has 92 valence electrons. The van der Waals surface area contributed by atoms with Crippen molar-refractivity contribution >= 4 is 22.7 Å². The molecule has 0 aliphatic heterocycles. The largest absolute Gasteiger partial charge is 0.330 e. The lowest BCUT2D eigenvalue weighted by atomic mass is 10.2. The number of nitrogens with two attached hydrogens (primary N) is 1. The molecule has 0 saturated carbocycles. The molecule has 0 spiro atoms. The maximum Gasteiger partial charge on any atom is 0.307 e. The molecular formula is C12H16N2OS2. The van der Waals surface area contributed by atoms with Crippen molar-refractivity contribution in [2.24, 2.45) is 5.73 Å². The van der Waals surface area contributed by atoms with Gasteiger partial charge in [-0.2, -0.15) is 0 Å². The van der Waals surface area contributed by atoms with Crippen LogP contribution in [0.15, 0.2) is 22.3 Å². The van der Waals surface area contributed by atoms with Gasteiger partial charge >= 0.3 is 4.87 Å². The zero-order valence-corrected chi connectivity index (χ0v) is 11.4. The second kappa shape index (κ2) is 5.62. The van der Waals surface area contributed by atoms with Gasteiger partial charge in [-0.1, -0.05) is 17.4 Å². The SMILES string of the molecule is Cc1sc(=O)n(CCCCN)c1-c1cccs1. The number of hydrogen-bond acceptors (Lipinski definition) is 4. The van der Waals surface area contributed by atoms with Gasteiger partial charge in [0.2, 0.25) is 0 Å². The molecule has 2 N–H and O–H groups in total. The van der Waals surface area contributed by atoms with Gasteiger partial charge in [-0.3, -0.25) is 9.36 Å². The summed E-state index contributed by atoms with van der Waals surface area (Å²) in [6.45, 7) is 3.47. The minimum absolute atomic E-state index is 0.142. The lowest BCUT2D eigenvalue weighted by Gasteiger charge is -2.06. The van der Waals surface area contributed by atoms with E-state index in [0.29, 0.717) is 6.54 Å². The summed E-state index contributed by atoms with van der Waals surface area (Å²) in [5.41, 5.74) is 6.58. The molecule has 0 radical (unpaired) electrons. The van der Waals surface area contributed by atoms with Gasteiger partial charge in [-0.05, 0) is 37.8 Å². The molecule has 0 atom stereocenters. The van der Waals surface area contributed by atoms with Crippen LogP contribution in [0.25, 0.3) is 10.6 Å². The number of hydrogen-bond donors (Lipinski definition) is 1. The molecule has 0 aromatic carbocycles. The van der Waals surface area contributed by atoms with Gasteiger partial charge in [0.15, 0.2) is 0 Å². The maximum absolute atomic E-state index is 11.9. The second-order valence-electron chi connectivity index (χ2n) is 3.90. The number of thiophene rings is 1. The predicted molar refractivity (Wildman–Crippen MR) is 74.9 cm³/mol. The quantitative estimate of drug-likeness (QED) is 0.848. The highest BCUT2D eigenvalue weighted by atomic mass is 32.1. The molecule has 0 amide bonds. The highest BCUT2D eigenvalue weighted by Gasteiger charge is 2.13. The van der Waals surface area contributed by atoms with Crippen molar-refractivity contribution in [3.63, 3.8) is 0 Å². The van der Waals surface area contributed by atoms with Crippen molar-refractivity contribution in [3.05, 3.63) is 32.1 Å². The van der Waals surface area contributed by atoms with Crippen molar-refractivity contribution in [2.45, 2.75) is 26.3 Å². The van der Waals surface area contributed by atoms with E-state index in [1.165, 1.54) is 16.2 Å². The summed E-state index contributed by atoms with van der Waals surface area (Å²) < 4.78 is 1.89. The van der Waals surface area contributed by atoms with Crippen LogP contribution in [0.1, 0.15) is 17.7 Å². The van der Waals surface area contributed by atoms with E-state index in [4.69, 9.17) is 5.73 Å². The molecule has 0 bridgehead atoms. The van der Waals surface area contributed by atoms with Crippen LogP contribution in [0.4, 0.5) is 0 Å². The maximum atomic E-state index is 11.9. The highest BCUT2D eigenvalue weighted by Crippen LogP contribution is 2.29. The molecule has 2 rings (SSSR count). The molecule has 0 aliphatic carbocycles. The first-order chi connectivity index (χ1) is 8.24. The Morgan fingerprint density at radius 2 is 2.24 bits per heavy atom. The van der Waals surface area contributed by atoms with Crippen molar-refractivity contribution in [1.82, 2.24) is 4.57 Å². The fraction of sp³-hybridized carbons (Fsp3) is 0.417. The number of aromatic nitrogens is 1. The topological polar surface area (TPSA) is 48.0 Å². The molecule has 2 aromatic heterocycles. The molecule has 0 saturated heterocycles. The number of nitrogens with zero attached hydrogens (tertiary/aromatic N) is 1. The summed E-state index contributed by atoms with van der Waals surface area (Å²) >= 11 is 3.01. The van der Waals surface area contributed by atoms with Crippen LogP contribution in [-0.2, 0) is 6.54 Å². The predicted octanol–water partition coefficient (Wildman–Crippen LogP) is 2.69. The fourth-order valence-corrected chi connectivity index (χ4v) is 3.62. The van der Waals surface area contributed by atoms with Crippen molar-refractivity contribution in [2.75, 3.05) is 6.54 Å². The summed E-state index contributed by atoms with van der Waals surface area (Å²) in [7, 11) is 0. The van der Waals surface area contributed by atoms with E-state index < -0.39 is 0 Å². The Kier molecular flexibility index (Phi) is 4.15. The molecule has 5 heteroatoms. The third-order valence-corrected chi connectivity index (χ3v) is 4.43. The summed E-state index contributed by atoms with van der Waals surface area (Å²) in [6.07, 6.45) is 1.93. The smallest absolute Gasteiger partial charge is 0.307 e. The van der Waals surface area contributed by atoms with Crippen LogP contribution in [0.2, 0.25) is 0 Å². The average molecular weight is 268 g/mol. The third kappa shape index (κ3) is 2.68. The summed E-state index contributed by atoms with van der Waals surface area (Å²) in [6, 6.07) is 4.09.